The highest BCUT2D eigenvalue weighted by Crippen LogP contribution is 2.55. The van der Waals surface area contributed by atoms with E-state index >= 15 is 0 Å². The molecule has 1 aliphatic rings. The quantitative estimate of drug-likeness (QED) is 0.179. The molecule has 4 aromatic rings. The summed E-state index contributed by atoms with van der Waals surface area (Å²) in [6.07, 6.45) is 0. The number of methoxy groups -OCH3 is 2. The molecular weight excluding hydrogens is 614 g/mol. The Morgan fingerprint density at radius 2 is 0.968 bits per heavy atom. The zero-order chi connectivity index (χ0) is 21.6. The van der Waals surface area contributed by atoms with E-state index in [1.807, 2.05) is 24.3 Å². The van der Waals surface area contributed by atoms with E-state index in [0.29, 0.717) is 0 Å². The van der Waals surface area contributed by atoms with Crippen LogP contribution in [0.15, 0.2) is 72.8 Å². The highest BCUT2D eigenvalue weighted by Gasteiger charge is 2.48. The van der Waals surface area contributed by atoms with Crippen LogP contribution in [0.5, 0.6) is 11.5 Å². The van der Waals surface area contributed by atoms with Crippen LogP contribution in [-0.4, -0.2) is 24.2 Å². The van der Waals surface area contributed by atoms with Gasteiger partial charge in [0.1, 0.15) is 18.9 Å². The van der Waals surface area contributed by atoms with Crippen LogP contribution in [0.1, 0.15) is 22.3 Å². The van der Waals surface area contributed by atoms with Crippen LogP contribution in [0, 0.1) is 7.40 Å². The van der Waals surface area contributed by atoms with Crippen molar-refractivity contribution in [1.82, 2.24) is 9.97 Å². The van der Waals surface area contributed by atoms with Crippen molar-refractivity contribution in [2.75, 3.05) is 14.2 Å². The molecule has 5 rings (SSSR count). The van der Waals surface area contributed by atoms with Crippen molar-refractivity contribution in [2.45, 2.75) is 5.41 Å². The molecule has 154 valence electrons. The maximum absolute atomic E-state index is 5.43. The summed E-state index contributed by atoms with van der Waals surface area (Å²) in [6, 6.07) is 25.1. The van der Waals surface area contributed by atoms with Gasteiger partial charge in [0.2, 0.25) is 0 Å². The summed E-state index contributed by atoms with van der Waals surface area (Å²) < 4.78 is 12.8. The predicted octanol–water partition coefficient (Wildman–Crippen LogP) is 6.07. The van der Waals surface area contributed by atoms with Gasteiger partial charge in [0.25, 0.3) is 0 Å². The normalized spacial score (nSPS) is 13.4. The summed E-state index contributed by atoms with van der Waals surface area (Å²) in [5.41, 5.74) is 5.89. The molecule has 1 aliphatic carbocycles. The summed E-state index contributed by atoms with van der Waals surface area (Å²) in [6.45, 7) is 0. The standard InChI is InChI=1S/C25H18I2N2O2/c1-30-17-7-3-15(4-8-17)25(16-5-9-18(31-2)10-6-16)19-11-13-21(26)28-23(19)24-20(25)12-14-22(27)29-24/h3-14H,1-2H3. The lowest BCUT2D eigenvalue weighted by molar-refractivity contribution is 0.414. The van der Waals surface area contributed by atoms with Crippen LogP contribution in [0.2, 0.25) is 0 Å². The highest BCUT2D eigenvalue weighted by molar-refractivity contribution is 14.1. The van der Waals surface area contributed by atoms with Gasteiger partial charge in [0.05, 0.1) is 31.0 Å². The van der Waals surface area contributed by atoms with Crippen molar-refractivity contribution >= 4 is 45.2 Å². The van der Waals surface area contributed by atoms with Gasteiger partial charge in [-0.3, -0.25) is 0 Å². The number of ether oxygens (including phenoxy) is 2. The number of hydrogen-bond acceptors (Lipinski definition) is 4. The second-order valence-electron chi connectivity index (χ2n) is 7.27. The van der Waals surface area contributed by atoms with Crippen LogP contribution < -0.4 is 9.47 Å². The Morgan fingerprint density at radius 3 is 1.32 bits per heavy atom. The summed E-state index contributed by atoms with van der Waals surface area (Å²) in [7, 11) is 3.37. The lowest BCUT2D eigenvalue weighted by atomic mass is 9.68. The van der Waals surface area contributed by atoms with Crippen molar-refractivity contribution in [3.8, 4) is 22.9 Å². The van der Waals surface area contributed by atoms with Gasteiger partial charge in [-0.05, 0) is 104 Å². The molecule has 0 atom stereocenters. The van der Waals surface area contributed by atoms with Crippen molar-refractivity contribution in [1.29, 1.82) is 0 Å². The van der Waals surface area contributed by atoms with Gasteiger partial charge >= 0.3 is 0 Å². The molecular formula is C25H18I2N2O2. The third-order valence-electron chi connectivity index (χ3n) is 5.80. The molecule has 0 saturated carbocycles. The smallest absolute Gasteiger partial charge is 0.118 e. The van der Waals surface area contributed by atoms with Crippen molar-refractivity contribution in [3.63, 3.8) is 0 Å². The Balaban J connectivity index is 1.90. The molecule has 0 amide bonds. The molecule has 6 heteroatoms. The van der Waals surface area contributed by atoms with Crippen LogP contribution >= 0.6 is 45.2 Å². The summed E-state index contributed by atoms with van der Waals surface area (Å²) in [5.74, 6) is 1.65. The Hall–Kier alpha value is -2.20. The van der Waals surface area contributed by atoms with Gasteiger partial charge in [-0.15, -0.1) is 0 Å². The second kappa shape index (κ2) is 8.05. The van der Waals surface area contributed by atoms with E-state index in [9.17, 15) is 0 Å². The minimum atomic E-state index is -0.530. The van der Waals surface area contributed by atoms with Gasteiger partial charge in [-0.2, -0.15) is 0 Å². The lowest BCUT2D eigenvalue weighted by Gasteiger charge is -2.33. The molecule has 31 heavy (non-hydrogen) atoms. The first-order valence-electron chi connectivity index (χ1n) is 9.71. The zero-order valence-electron chi connectivity index (χ0n) is 16.9. The van der Waals surface area contributed by atoms with E-state index in [1.165, 1.54) is 0 Å². The van der Waals surface area contributed by atoms with E-state index in [0.717, 1.165) is 52.5 Å². The van der Waals surface area contributed by atoms with Crippen molar-refractivity contribution < 1.29 is 9.47 Å². The Kier molecular flexibility index (Phi) is 5.37. The van der Waals surface area contributed by atoms with Crippen molar-refractivity contribution in [3.05, 3.63) is 102 Å². The van der Waals surface area contributed by atoms with Gasteiger partial charge in [0.15, 0.2) is 0 Å². The molecule has 0 unspecified atom stereocenters. The summed E-state index contributed by atoms with van der Waals surface area (Å²) in [4.78, 5) is 9.84. The van der Waals surface area contributed by atoms with Gasteiger partial charge in [-0.25, -0.2) is 9.97 Å². The number of halogens is 2. The molecule has 0 bridgehead atoms. The Bertz CT molecular complexity index is 1170. The number of nitrogens with zero attached hydrogens (tertiary/aromatic N) is 2. The summed E-state index contributed by atoms with van der Waals surface area (Å²) >= 11 is 4.53. The molecule has 0 spiro atoms. The van der Waals surface area contributed by atoms with E-state index in [4.69, 9.17) is 19.4 Å². The number of pyridine rings is 2. The first-order valence-corrected chi connectivity index (χ1v) is 11.9. The average Bonchev–Trinajstić information content (AvgIpc) is 3.09. The first-order chi connectivity index (χ1) is 15.1. The van der Waals surface area contributed by atoms with Crippen LogP contribution in [0.3, 0.4) is 0 Å². The highest BCUT2D eigenvalue weighted by atomic mass is 127. The third-order valence-corrected chi connectivity index (χ3v) is 7.00. The number of hydrogen-bond donors (Lipinski definition) is 0. The largest absolute Gasteiger partial charge is 0.497 e. The predicted molar refractivity (Wildman–Crippen MR) is 138 cm³/mol. The van der Waals surface area contributed by atoms with Crippen molar-refractivity contribution in [2.24, 2.45) is 0 Å². The maximum Gasteiger partial charge on any atom is 0.118 e. The lowest BCUT2D eigenvalue weighted by Crippen LogP contribution is -2.28. The maximum atomic E-state index is 5.43. The monoisotopic (exact) mass is 632 g/mol. The fourth-order valence-corrected chi connectivity index (χ4v) is 5.29. The minimum absolute atomic E-state index is 0.530. The third kappa shape index (κ3) is 3.22. The second-order valence-corrected chi connectivity index (χ2v) is 9.48. The molecule has 2 heterocycles. The van der Waals surface area contributed by atoms with E-state index in [2.05, 4.69) is 93.7 Å². The van der Waals surface area contributed by atoms with Crippen LogP contribution in [0.25, 0.3) is 11.4 Å². The summed E-state index contributed by atoms with van der Waals surface area (Å²) in [5, 5.41) is 0. The van der Waals surface area contributed by atoms with Crippen LogP contribution in [0.4, 0.5) is 0 Å². The van der Waals surface area contributed by atoms with E-state index in [1.54, 1.807) is 14.2 Å². The van der Waals surface area contributed by atoms with Gasteiger partial charge < -0.3 is 9.47 Å². The van der Waals surface area contributed by atoms with Gasteiger partial charge in [0, 0.05) is 0 Å². The number of benzene rings is 2. The molecule has 4 nitrogen and oxygen atoms in total. The molecule has 2 aromatic carbocycles. The SMILES string of the molecule is COc1ccc(C2(c3ccc(OC)cc3)c3ccc(I)nc3-c3nc(I)ccc32)cc1. The molecule has 0 fully saturated rings. The minimum Gasteiger partial charge on any atom is -0.497 e. The number of fused-ring (bicyclic) bond motifs is 3. The first kappa shape index (κ1) is 20.7. The fraction of sp³-hybridized carbons (Fsp3) is 0.120. The van der Waals surface area contributed by atoms with Crippen LogP contribution in [-0.2, 0) is 5.41 Å². The molecule has 2 aromatic heterocycles. The number of aromatic nitrogens is 2. The molecule has 0 saturated heterocycles. The topological polar surface area (TPSA) is 44.2 Å². The van der Waals surface area contributed by atoms with Gasteiger partial charge in [-0.1, -0.05) is 36.4 Å². The van der Waals surface area contributed by atoms with E-state index < -0.39 is 5.41 Å². The number of rotatable bonds is 4. The molecule has 0 aliphatic heterocycles. The average molecular weight is 632 g/mol. The fourth-order valence-electron chi connectivity index (χ4n) is 4.45. The molecule has 0 radical (unpaired) electrons. The Morgan fingerprint density at radius 1 is 0.581 bits per heavy atom. The molecule has 0 N–H and O–H groups in total. The van der Waals surface area contributed by atoms with E-state index in [-0.39, 0.29) is 0 Å². The Labute approximate surface area is 208 Å². The zero-order valence-corrected chi connectivity index (χ0v) is 21.2.